The Kier molecular flexibility index (Phi) is 7.34. The van der Waals surface area contributed by atoms with Crippen molar-refractivity contribution in [2.75, 3.05) is 0 Å². The number of rotatable bonds is 9. The van der Waals surface area contributed by atoms with Crippen molar-refractivity contribution in [1.82, 2.24) is 0 Å². The Bertz CT molecular complexity index is 852. The van der Waals surface area contributed by atoms with Gasteiger partial charge in [-0.1, -0.05) is 48.5 Å². The lowest BCUT2D eigenvalue weighted by Crippen LogP contribution is -2.00. The van der Waals surface area contributed by atoms with E-state index in [4.69, 9.17) is 5.11 Å². The topological polar surface area (TPSA) is 88.5 Å². The molecule has 0 aliphatic heterocycles. The number of carboxylic acid groups (broad SMARTS) is 1. The maximum Gasteiger partial charge on any atom is 0.328 e. The fraction of sp³-hybridized carbons (Fsp3) is 0.130. The second kappa shape index (κ2) is 9.92. The van der Waals surface area contributed by atoms with Gasteiger partial charge >= 0.3 is 5.97 Å². The lowest BCUT2D eigenvalue weighted by Gasteiger charge is -2.05. The van der Waals surface area contributed by atoms with E-state index >= 15 is 0 Å². The van der Waals surface area contributed by atoms with Crippen LogP contribution in [0.2, 0.25) is 0 Å². The Morgan fingerprint density at radius 2 is 1.07 bits per heavy atom. The second-order valence-corrected chi connectivity index (χ2v) is 6.30. The highest BCUT2D eigenvalue weighted by molar-refractivity contribution is 5.98. The predicted octanol–water partition coefficient (Wildman–Crippen LogP) is 3.36. The summed E-state index contributed by atoms with van der Waals surface area (Å²) in [4.78, 5) is 44.7. The third-order valence-electron chi connectivity index (χ3n) is 3.91. The molecule has 0 aliphatic carbocycles. The van der Waals surface area contributed by atoms with Crippen LogP contribution in [0.1, 0.15) is 18.1 Å². The van der Waals surface area contributed by atoms with Gasteiger partial charge in [0.25, 0.3) is 0 Å². The van der Waals surface area contributed by atoms with Crippen molar-refractivity contribution >= 4 is 23.3 Å². The zero-order chi connectivity index (χ0) is 20.5. The summed E-state index contributed by atoms with van der Waals surface area (Å²) >= 11 is 0. The minimum atomic E-state index is -1.15. The highest BCUT2D eigenvalue weighted by Gasteiger charge is 2.04. The van der Waals surface area contributed by atoms with Crippen molar-refractivity contribution in [3.63, 3.8) is 0 Å². The molecular weight excluding hydrogens is 356 g/mol. The molecule has 2 rings (SSSR count). The van der Waals surface area contributed by atoms with Gasteiger partial charge in [0.1, 0.15) is 0 Å². The van der Waals surface area contributed by atoms with Crippen LogP contribution in [0.5, 0.6) is 0 Å². The van der Waals surface area contributed by atoms with Crippen molar-refractivity contribution in [1.29, 1.82) is 0 Å². The third-order valence-corrected chi connectivity index (χ3v) is 3.91. The van der Waals surface area contributed by atoms with E-state index < -0.39 is 5.97 Å². The van der Waals surface area contributed by atoms with Crippen LogP contribution in [0.25, 0.3) is 11.1 Å². The van der Waals surface area contributed by atoms with E-state index in [1.807, 2.05) is 48.5 Å². The SMILES string of the molecule is CC(=O)/C=C/C(=O)Cc1ccc(-c2ccc(CC(=O)/C=C/C(=O)O)cc2)cc1. The average molecular weight is 376 g/mol. The van der Waals surface area contributed by atoms with E-state index in [9.17, 15) is 19.2 Å². The number of hydrogen-bond donors (Lipinski definition) is 1. The van der Waals surface area contributed by atoms with Crippen molar-refractivity contribution in [3.8, 4) is 11.1 Å². The molecule has 0 atom stereocenters. The lowest BCUT2D eigenvalue weighted by atomic mass is 9.99. The van der Waals surface area contributed by atoms with Crippen molar-refractivity contribution in [3.05, 3.63) is 84.0 Å². The molecule has 0 radical (unpaired) electrons. The number of carbonyl (C=O) groups excluding carboxylic acids is 3. The molecule has 0 aliphatic rings. The molecule has 1 N–H and O–H groups in total. The van der Waals surface area contributed by atoms with Gasteiger partial charge in [-0.3, -0.25) is 14.4 Å². The minimum Gasteiger partial charge on any atom is -0.478 e. The second-order valence-electron chi connectivity index (χ2n) is 6.30. The number of allylic oxidation sites excluding steroid dienone is 3. The first-order chi connectivity index (χ1) is 13.3. The number of hydrogen-bond acceptors (Lipinski definition) is 4. The van der Waals surface area contributed by atoms with E-state index in [0.29, 0.717) is 0 Å². The third kappa shape index (κ3) is 6.96. The molecule has 0 fully saturated rings. The fourth-order valence-corrected chi connectivity index (χ4v) is 2.52. The largest absolute Gasteiger partial charge is 0.478 e. The highest BCUT2D eigenvalue weighted by atomic mass is 16.4. The molecule has 0 saturated heterocycles. The first-order valence-electron chi connectivity index (χ1n) is 8.67. The normalized spacial score (nSPS) is 11.0. The Balaban J connectivity index is 2.00. The quantitative estimate of drug-likeness (QED) is 0.678. The first-order valence-corrected chi connectivity index (χ1v) is 8.67. The van der Waals surface area contributed by atoms with E-state index in [1.165, 1.54) is 19.1 Å². The molecule has 0 saturated carbocycles. The molecule has 0 amide bonds. The Morgan fingerprint density at radius 1 is 0.679 bits per heavy atom. The molecule has 0 unspecified atom stereocenters. The number of carbonyl (C=O) groups is 4. The molecule has 0 bridgehead atoms. The maximum atomic E-state index is 11.8. The summed E-state index contributed by atoms with van der Waals surface area (Å²) in [6, 6.07) is 15.0. The van der Waals surface area contributed by atoms with Crippen LogP contribution < -0.4 is 0 Å². The highest BCUT2D eigenvalue weighted by Crippen LogP contribution is 2.21. The summed E-state index contributed by atoms with van der Waals surface area (Å²) in [6.45, 7) is 1.40. The average Bonchev–Trinajstić information content (AvgIpc) is 2.66. The summed E-state index contributed by atoms with van der Waals surface area (Å²) in [7, 11) is 0. The van der Waals surface area contributed by atoms with Gasteiger partial charge in [-0.05, 0) is 47.4 Å². The van der Waals surface area contributed by atoms with Crippen molar-refractivity contribution in [2.24, 2.45) is 0 Å². The summed E-state index contributed by atoms with van der Waals surface area (Å²) in [5, 5.41) is 8.53. The maximum absolute atomic E-state index is 11.8. The van der Waals surface area contributed by atoms with Gasteiger partial charge in [-0.25, -0.2) is 4.79 Å². The Hall–Kier alpha value is -3.60. The first kappa shape index (κ1) is 20.7. The Morgan fingerprint density at radius 3 is 1.43 bits per heavy atom. The van der Waals surface area contributed by atoms with E-state index in [-0.39, 0.29) is 30.2 Å². The van der Waals surface area contributed by atoms with Crippen LogP contribution in [-0.2, 0) is 32.0 Å². The van der Waals surface area contributed by atoms with Gasteiger partial charge in [-0.15, -0.1) is 0 Å². The van der Waals surface area contributed by atoms with Crippen LogP contribution in [0.3, 0.4) is 0 Å². The lowest BCUT2D eigenvalue weighted by molar-refractivity contribution is -0.131. The van der Waals surface area contributed by atoms with E-state index in [1.54, 1.807) is 0 Å². The fourth-order valence-electron chi connectivity index (χ4n) is 2.52. The van der Waals surface area contributed by atoms with Crippen LogP contribution in [-0.4, -0.2) is 28.4 Å². The van der Waals surface area contributed by atoms with E-state index in [0.717, 1.165) is 34.4 Å². The summed E-state index contributed by atoms with van der Waals surface area (Å²) in [5.41, 5.74) is 3.59. The Labute approximate surface area is 163 Å². The number of benzene rings is 2. The molecule has 0 spiro atoms. The molecule has 2 aromatic rings. The van der Waals surface area contributed by atoms with E-state index in [2.05, 4.69) is 0 Å². The van der Waals surface area contributed by atoms with Gasteiger partial charge in [0.2, 0.25) is 0 Å². The molecule has 0 heterocycles. The van der Waals surface area contributed by atoms with Gasteiger partial charge in [-0.2, -0.15) is 0 Å². The zero-order valence-electron chi connectivity index (χ0n) is 15.4. The van der Waals surface area contributed by atoms with Crippen LogP contribution in [0.4, 0.5) is 0 Å². The molecule has 142 valence electrons. The van der Waals surface area contributed by atoms with Crippen LogP contribution >= 0.6 is 0 Å². The summed E-state index contributed by atoms with van der Waals surface area (Å²) in [6.07, 6.45) is 4.82. The number of ketones is 3. The molecule has 2 aromatic carbocycles. The van der Waals surface area contributed by atoms with Gasteiger partial charge in [0, 0.05) is 18.9 Å². The standard InChI is InChI=1S/C23H20O5/c1-16(24)2-11-21(25)14-17-3-7-19(8-4-17)20-9-5-18(6-10-20)15-22(26)12-13-23(27)28/h2-13H,14-15H2,1H3,(H,27,28)/b11-2+,13-12+. The van der Waals surface area contributed by atoms with Crippen LogP contribution in [0, 0.1) is 0 Å². The molecule has 5 heteroatoms. The molecular formula is C23H20O5. The molecule has 0 aromatic heterocycles. The summed E-state index contributed by atoms with van der Waals surface area (Å²) < 4.78 is 0. The van der Waals surface area contributed by atoms with Gasteiger partial charge < -0.3 is 5.11 Å². The van der Waals surface area contributed by atoms with Gasteiger partial charge in [0.05, 0.1) is 0 Å². The number of aliphatic carboxylic acids is 1. The molecule has 28 heavy (non-hydrogen) atoms. The predicted molar refractivity (Wildman–Crippen MR) is 106 cm³/mol. The molecule has 5 nitrogen and oxygen atoms in total. The smallest absolute Gasteiger partial charge is 0.328 e. The van der Waals surface area contributed by atoms with Gasteiger partial charge in [0.15, 0.2) is 17.3 Å². The van der Waals surface area contributed by atoms with Crippen molar-refractivity contribution < 1.29 is 24.3 Å². The van der Waals surface area contributed by atoms with Crippen molar-refractivity contribution in [2.45, 2.75) is 19.8 Å². The monoisotopic (exact) mass is 376 g/mol. The zero-order valence-corrected chi connectivity index (χ0v) is 15.4. The number of carboxylic acids is 1. The van der Waals surface area contributed by atoms with Crippen LogP contribution in [0.15, 0.2) is 72.8 Å². The minimum absolute atomic E-state index is 0.131. The summed E-state index contributed by atoms with van der Waals surface area (Å²) in [5.74, 6) is -1.72.